The molecular weight excluding hydrogens is 174 g/mol. The van der Waals surface area contributed by atoms with Crippen LogP contribution in [0.2, 0.25) is 0 Å². The highest BCUT2D eigenvalue weighted by molar-refractivity contribution is 5.01. The minimum absolute atomic E-state index is 0.710. The lowest BCUT2D eigenvalue weighted by atomic mass is 10.2. The van der Waals surface area contributed by atoms with Crippen LogP contribution >= 0.6 is 0 Å². The summed E-state index contributed by atoms with van der Waals surface area (Å²) in [4.78, 5) is 8.40. The molecule has 1 aromatic rings. The van der Waals surface area contributed by atoms with Gasteiger partial charge in [0.2, 0.25) is 0 Å². The second-order valence-corrected chi connectivity index (χ2v) is 3.94. The summed E-state index contributed by atoms with van der Waals surface area (Å²) in [5.41, 5.74) is 1.12. The van der Waals surface area contributed by atoms with Gasteiger partial charge in [-0.3, -0.25) is 0 Å². The zero-order chi connectivity index (χ0) is 10.4. The van der Waals surface area contributed by atoms with E-state index in [-0.39, 0.29) is 0 Å². The first kappa shape index (κ1) is 11.1. The van der Waals surface area contributed by atoms with Crippen LogP contribution in [0.25, 0.3) is 0 Å². The molecule has 0 saturated heterocycles. The number of hydrogen-bond donors (Lipinski definition) is 1. The van der Waals surface area contributed by atoms with Gasteiger partial charge in [0, 0.05) is 24.9 Å². The molecule has 1 rings (SSSR count). The molecule has 0 aliphatic rings. The Bertz CT molecular complexity index is 271. The van der Waals surface area contributed by atoms with Crippen molar-refractivity contribution in [3.63, 3.8) is 0 Å². The van der Waals surface area contributed by atoms with Gasteiger partial charge in [0.25, 0.3) is 0 Å². The van der Waals surface area contributed by atoms with Crippen molar-refractivity contribution in [2.45, 2.75) is 27.2 Å². The topological polar surface area (TPSA) is 37.8 Å². The molecule has 1 heterocycles. The highest BCUT2D eigenvalue weighted by atomic mass is 14.9. The normalized spacial score (nSPS) is 10.9. The highest BCUT2D eigenvalue weighted by Gasteiger charge is 1.96. The van der Waals surface area contributed by atoms with E-state index in [1.165, 1.54) is 0 Å². The molecule has 0 unspecified atom stereocenters. The van der Waals surface area contributed by atoms with E-state index in [1.807, 2.05) is 19.2 Å². The quantitative estimate of drug-likeness (QED) is 0.721. The summed E-state index contributed by atoms with van der Waals surface area (Å²) in [5.74, 6) is 1.56. The third kappa shape index (κ3) is 4.33. The van der Waals surface area contributed by atoms with E-state index in [4.69, 9.17) is 0 Å². The minimum atomic E-state index is 0.710. The maximum atomic E-state index is 4.34. The lowest BCUT2D eigenvalue weighted by Crippen LogP contribution is -2.22. The van der Waals surface area contributed by atoms with Gasteiger partial charge in [0.1, 0.15) is 5.82 Å². The summed E-state index contributed by atoms with van der Waals surface area (Å²) in [5, 5.41) is 3.39. The third-order valence-electron chi connectivity index (χ3n) is 1.94. The zero-order valence-electron chi connectivity index (χ0n) is 9.25. The van der Waals surface area contributed by atoms with E-state index >= 15 is 0 Å². The smallest absolute Gasteiger partial charge is 0.125 e. The molecule has 0 spiro atoms. The van der Waals surface area contributed by atoms with Crippen LogP contribution in [0, 0.1) is 12.8 Å². The molecule has 3 heteroatoms. The Hall–Kier alpha value is -0.960. The van der Waals surface area contributed by atoms with E-state index in [1.54, 1.807) is 0 Å². The Labute approximate surface area is 86.0 Å². The van der Waals surface area contributed by atoms with Crippen LogP contribution in [0.1, 0.15) is 25.4 Å². The zero-order valence-corrected chi connectivity index (χ0v) is 9.25. The number of hydrogen-bond acceptors (Lipinski definition) is 3. The fourth-order valence-electron chi connectivity index (χ4n) is 1.25. The van der Waals surface area contributed by atoms with Gasteiger partial charge in [0.15, 0.2) is 0 Å². The molecule has 1 aromatic heterocycles. The van der Waals surface area contributed by atoms with Gasteiger partial charge in [-0.2, -0.15) is 0 Å². The van der Waals surface area contributed by atoms with E-state index in [9.17, 15) is 0 Å². The Morgan fingerprint density at radius 2 is 2.21 bits per heavy atom. The van der Waals surface area contributed by atoms with Crippen LogP contribution in [-0.4, -0.2) is 23.1 Å². The molecule has 14 heavy (non-hydrogen) atoms. The van der Waals surface area contributed by atoms with Crippen LogP contribution in [0.5, 0.6) is 0 Å². The van der Waals surface area contributed by atoms with Crippen LogP contribution in [0.4, 0.5) is 0 Å². The number of aromatic nitrogens is 2. The van der Waals surface area contributed by atoms with Gasteiger partial charge < -0.3 is 5.32 Å². The molecule has 0 bridgehead atoms. The van der Waals surface area contributed by atoms with E-state index in [0.29, 0.717) is 5.92 Å². The van der Waals surface area contributed by atoms with Crippen molar-refractivity contribution in [2.24, 2.45) is 5.92 Å². The molecule has 0 aliphatic carbocycles. The molecule has 0 amide bonds. The third-order valence-corrected chi connectivity index (χ3v) is 1.94. The number of nitrogens with one attached hydrogen (secondary N) is 1. The minimum Gasteiger partial charge on any atom is -0.316 e. The van der Waals surface area contributed by atoms with E-state index in [0.717, 1.165) is 31.0 Å². The Morgan fingerprint density at radius 3 is 2.86 bits per heavy atom. The first-order chi connectivity index (χ1) is 6.68. The van der Waals surface area contributed by atoms with Crippen molar-refractivity contribution in [1.82, 2.24) is 15.3 Å². The first-order valence-corrected chi connectivity index (χ1v) is 5.17. The summed E-state index contributed by atoms with van der Waals surface area (Å²) in [7, 11) is 0. The number of rotatable bonds is 5. The summed E-state index contributed by atoms with van der Waals surface area (Å²) in [6, 6.07) is 1.98. The molecule has 0 fully saturated rings. The highest BCUT2D eigenvalue weighted by Crippen LogP contribution is 1.95. The monoisotopic (exact) mass is 193 g/mol. The molecule has 1 N–H and O–H groups in total. The summed E-state index contributed by atoms with van der Waals surface area (Å²) in [6.45, 7) is 8.41. The lowest BCUT2D eigenvalue weighted by molar-refractivity contribution is 0.552. The van der Waals surface area contributed by atoms with Crippen molar-refractivity contribution in [1.29, 1.82) is 0 Å². The Balaban J connectivity index is 2.25. The van der Waals surface area contributed by atoms with Crippen LogP contribution < -0.4 is 5.32 Å². The van der Waals surface area contributed by atoms with Gasteiger partial charge in [0.05, 0.1) is 0 Å². The second-order valence-electron chi connectivity index (χ2n) is 3.94. The van der Waals surface area contributed by atoms with Crippen molar-refractivity contribution < 1.29 is 0 Å². The molecule has 0 atom stereocenters. The van der Waals surface area contributed by atoms with Gasteiger partial charge in [-0.25, -0.2) is 9.97 Å². The summed E-state index contributed by atoms with van der Waals surface area (Å²) >= 11 is 0. The largest absolute Gasteiger partial charge is 0.316 e. The van der Waals surface area contributed by atoms with Crippen LogP contribution in [-0.2, 0) is 6.42 Å². The first-order valence-electron chi connectivity index (χ1n) is 5.17. The van der Waals surface area contributed by atoms with Crippen molar-refractivity contribution >= 4 is 0 Å². The fraction of sp³-hybridized carbons (Fsp3) is 0.636. The molecule has 0 saturated carbocycles. The Kier molecular flexibility index (Phi) is 4.53. The van der Waals surface area contributed by atoms with Gasteiger partial charge >= 0.3 is 0 Å². The SMILES string of the molecule is Cc1nccc(CCNCC(C)C)n1. The summed E-state index contributed by atoms with van der Waals surface area (Å²) in [6.07, 6.45) is 2.80. The van der Waals surface area contributed by atoms with Crippen LogP contribution in [0.3, 0.4) is 0 Å². The van der Waals surface area contributed by atoms with Crippen LogP contribution in [0.15, 0.2) is 12.3 Å². The molecule has 0 aromatic carbocycles. The molecule has 0 radical (unpaired) electrons. The fourth-order valence-corrected chi connectivity index (χ4v) is 1.25. The predicted molar refractivity (Wildman–Crippen MR) is 58.2 cm³/mol. The van der Waals surface area contributed by atoms with Gasteiger partial charge in [-0.05, 0) is 25.5 Å². The van der Waals surface area contributed by atoms with Gasteiger partial charge in [-0.1, -0.05) is 13.8 Å². The number of nitrogens with zero attached hydrogens (tertiary/aromatic N) is 2. The van der Waals surface area contributed by atoms with Crippen molar-refractivity contribution in [3.05, 3.63) is 23.8 Å². The predicted octanol–water partition coefficient (Wildman–Crippen LogP) is 1.57. The maximum Gasteiger partial charge on any atom is 0.125 e. The summed E-state index contributed by atoms with van der Waals surface area (Å²) < 4.78 is 0. The van der Waals surface area contributed by atoms with E-state index < -0.39 is 0 Å². The maximum absolute atomic E-state index is 4.34. The second kappa shape index (κ2) is 5.70. The van der Waals surface area contributed by atoms with Gasteiger partial charge in [-0.15, -0.1) is 0 Å². The molecule has 0 aliphatic heterocycles. The Morgan fingerprint density at radius 1 is 1.43 bits per heavy atom. The average molecular weight is 193 g/mol. The standard InChI is InChI=1S/C11H19N3/c1-9(2)8-12-6-4-11-5-7-13-10(3)14-11/h5,7,9,12H,4,6,8H2,1-3H3. The van der Waals surface area contributed by atoms with E-state index in [2.05, 4.69) is 29.1 Å². The van der Waals surface area contributed by atoms with Crippen molar-refractivity contribution in [2.75, 3.05) is 13.1 Å². The molecule has 78 valence electrons. The molecule has 3 nitrogen and oxygen atoms in total. The van der Waals surface area contributed by atoms with Crippen molar-refractivity contribution in [3.8, 4) is 0 Å². The number of aryl methyl sites for hydroxylation is 1. The average Bonchev–Trinajstić information content (AvgIpc) is 2.12. The lowest BCUT2D eigenvalue weighted by Gasteiger charge is -2.06. The molecular formula is C11H19N3.